The Morgan fingerprint density at radius 2 is 2.30 bits per heavy atom. The maximum Gasteiger partial charge on any atom is 0.260 e. The van der Waals surface area contributed by atoms with Crippen LogP contribution in [0.2, 0.25) is 0 Å². The Labute approximate surface area is 162 Å². The van der Waals surface area contributed by atoms with Gasteiger partial charge in [-0.15, -0.1) is 21.5 Å². The Bertz CT molecular complexity index is 1150. The number of aromatic nitrogens is 5. The molecule has 1 N–H and O–H groups in total. The van der Waals surface area contributed by atoms with Gasteiger partial charge >= 0.3 is 0 Å². The molecule has 0 saturated heterocycles. The molecule has 138 valence electrons. The van der Waals surface area contributed by atoms with Crippen molar-refractivity contribution >= 4 is 33.3 Å². The van der Waals surface area contributed by atoms with Gasteiger partial charge in [0.1, 0.15) is 22.2 Å². The maximum absolute atomic E-state index is 12.6. The van der Waals surface area contributed by atoms with Crippen LogP contribution in [0.5, 0.6) is 0 Å². The fourth-order valence-corrected chi connectivity index (χ4v) is 4.98. The zero-order valence-electron chi connectivity index (χ0n) is 14.6. The minimum atomic E-state index is -0.140. The highest BCUT2D eigenvalue weighted by Crippen LogP contribution is 2.40. The number of thioether (sulfide) groups is 1. The van der Waals surface area contributed by atoms with Crippen LogP contribution in [0.25, 0.3) is 21.5 Å². The smallest absolute Gasteiger partial charge is 0.260 e. The number of hydrogen-bond donors (Lipinski definition) is 1. The van der Waals surface area contributed by atoms with Crippen molar-refractivity contribution < 1.29 is 4.42 Å². The van der Waals surface area contributed by atoms with E-state index in [1.165, 1.54) is 24.2 Å². The predicted molar refractivity (Wildman–Crippen MR) is 105 cm³/mol. The zero-order valence-corrected chi connectivity index (χ0v) is 16.3. The van der Waals surface area contributed by atoms with Gasteiger partial charge in [0, 0.05) is 23.4 Å². The minimum absolute atomic E-state index is 0.140. The summed E-state index contributed by atoms with van der Waals surface area (Å²) in [5, 5.41) is 12.1. The predicted octanol–water partition coefficient (Wildman–Crippen LogP) is 4.03. The number of nitrogens with zero attached hydrogens (tertiary/aromatic N) is 4. The molecule has 0 bridgehead atoms. The van der Waals surface area contributed by atoms with Gasteiger partial charge in [0.2, 0.25) is 0 Å². The average molecular weight is 400 g/mol. The first-order chi connectivity index (χ1) is 13.2. The van der Waals surface area contributed by atoms with E-state index in [0.717, 1.165) is 27.9 Å². The summed E-state index contributed by atoms with van der Waals surface area (Å²) < 4.78 is 7.60. The lowest BCUT2D eigenvalue weighted by Gasteiger charge is -2.06. The Morgan fingerprint density at radius 1 is 1.41 bits per heavy atom. The van der Waals surface area contributed by atoms with Crippen LogP contribution < -0.4 is 5.56 Å². The quantitative estimate of drug-likeness (QED) is 0.493. The molecule has 0 aliphatic heterocycles. The van der Waals surface area contributed by atoms with Gasteiger partial charge in [0.05, 0.1) is 17.4 Å². The first-order valence-corrected chi connectivity index (χ1v) is 10.7. The van der Waals surface area contributed by atoms with E-state index in [-0.39, 0.29) is 5.56 Å². The Hall–Kier alpha value is -2.39. The monoisotopic (exact) mass is 399 g/mol. The van der Waals surface area contributed by atoms with Crippen molar-refractivity contribution in [3.63, 3.8) is 0 Å². The second-order valence-electron chi connectivity index (χ2n) is 6.47. The van der Waals surface area contributed by atoms with Gasteiger partial charge in [0.25, 0.3) is 5.56 Å². The third-order valence-corrected chi connectivity index (χ3v) is 6.47. The third kappa shape index (κ3) is 3.00. The lowest BCUT2D eigenvalue weighted by atomic mass is 10.2. The van der Waals surface area contributed by atoms with E-state index >= 15 is 0 Å². The van der Waals surface area contributed by atoms with Gasteiger partial charge in [-0.2, -0.15) is 0 Å². The van der Waals surface area contributed by atoms with Crippen LogP contribution in [-0.4, -0.2) is 24.7 Å². The fraction of sp³-hybridized carbons (Fsp3) is 0.333. The number of furan rings is 1. The molecule has 0 unspecified atom stereocenters. The van der Waals surface area contributed by atoms with Crippen molar-refractivity contribution in [1.82, 2.24) is 24.7 Å². The Balaban J connectivity index is 1.42. The summed E-state index contributed by atoms with van der Waals surface area (Å²) >= 11 is 3.01. The molecule has 9 heteroatoms. The molecule has 27 heavy (non-hydrogen) atoms. The Morgan fingerprint density at radius 3 is 3.04 bits per heavy atom. The molecule has 0 aromatic carbocycles. The van der Waals surface area contributed by atoms with E-state index in [2.05, 4.69) is 31.7 Å². The van der Waals surface area contributed by atoms with Crippen molar-refractivity contribution in [2.45, 2.75) is 43.1 Å². The van der Waals surface area contributed by atoms with Crippen molar-refractivity contribution in [1.29, 1.82) is 0 Å². The van der Waals surface area contributed by atoms with Crippen molar-refractivity contribution in [2.24, 2.45) is 0 Å². The molecule has 0 radical (unpaired) electrons. The fourth-order valence-electron chi connectivity index (χ4n) is 3.16. The molecule has 4 aromatic heterocycles. The van der Waals surface area contributed by atoms with Crippen LogP contribution in [0, 0.1) is 0 Å². The first-order valence-electron chi connectivity index (χ1n) is 8.84. The van der Waals surface area contributed by atoms with E-state index in [9.17, 15) is 4.79 Å². The molecule has 1 saturated carbocycles. The largest absolute Gasteiger partial charge is 0.464 e. The highest BCUT2D eigenvalue weighted by molar-refractivity contribution is 7.98. The number of thiophene rings is 1. The molecule has 5 rings (SSSR count). The lowest BCUT2D eigenvalue weighted by molar-refractivity contribution is 0.583. The van der Waals surface area contributed by atoms with Crippen molar-refractivity contribution in [3.05, 3.63) is 45.8 Å². The summed E-state index contributed by atoms with van der Waals surface area (Å²) in [7, 11) is 0. The van der Waals surface area contributed by atoms with Crippen LogP contribution in [0.4, 0.5) is 0 Å². The van der Waals surface area contributed by atoms with Crippen LogP contribution >= 0.6 is 23.1 Å². The number of aromatic amines is 1. The Kier molecular flexibility index (Phi) is 4.13. The minimum Gasteiger partial charge on any atom is -0.464 e. The molecule has 0 amide bonds. The standard InChI is InChI=1S/C18H17N5O2S2/c1-2-23-15(10-5-6-10)21-22-18(23)27-9-13-19-16(24)14-11(8-26-17(14)20-13)12-4-3-7-25-12/h3-4,7-8,10H,2,5-6,9H2,1H3,(H,19,20,24). The number of fused-ring (bicyclic) bond motifs is 1. The lowest BCUT2D eigenvalue weighted by Crippen LogP contribution is -2.11. The van der Waals surface area contributed by atoms with Gasteiger partial charge in [-0.05, 0) is 31.9 Å². The zero-order chi connectivity index (χ0) is 18.4. The second kappa shape index (κ2) is 6.65. The molecule has 1 fully saturated rings. The first kappa shape index (κ1) is 16.8. The normalized spacial score (nSPS) is 14.3. The summed E-state index contributed by atoms with van der Waals surface area (Å²) in [5.74, 6) is 3.51. The third-order valence-electron chi connectivity index (χ3n) is 4.62. The van der Waals surface area contributed by atoms with Crippen LogP contribution in [0.3, 0.4) is 0 Å². The van der Waals surface area contributed by atoms with Gasteiger partial charge in [0.15, 0.2) is 5.16 Å². The van der Waals surface area contributed by atoms with Crippen LogP contribution in [0.15, 0.2) is 38.1 Å². The van der Waals surface area contributed by atoms with E-state index in [1.54, 1.807) is 18.0 Å². The van der Waals surface area contributed by atoms with E-state index < -0.39 is 0 Å². The molecule has 1 aliphatic rings. The molecular weight excluding hydrogens is 382 g/mol. The van der Waals surface area contributed by atoms with Crippen molar-refractivity contribution in [3.8, 4) is 11.3 Å². The number of H-pyrrole nitrogens is 1. The van der Waals surface area contributed by atoms with Gasteiger partial charge < -0.3 is 14.0 Å². The summed E-state index contributed by atoms with van der Waals surface area (Å²) in [5.41, 5.74) is 0.645. The maximum atomic E-state index is 12.6. The van der Waals surface area contributed by atoms with Gasteiger partial charge in [-0.3, -0.25) is 4.79 Å². The average Bonchev–Trinajstić information content (AvgIpc) is 3.09. The highest BCUT2D eigenvalue weighted by atomic mass is 32.2. The van der Waals surface area contributed by atoms with Crippen LogP contribution in [-0.2, 0) is 12.3 Å². The molecule has 1 aliphatic carbocycles. The van der Waals surface area contributed by atoms with E-state index in [1.807, 2.05) is 17.5 Å². The molecule has 7 nitrogen and oxygen atoms in total. The van der Waals surface area contributed by atoms with Crippen molar-refractivity contribution in [2.75, 3.05) is 0 Å². The number of rotatable bonds is 6. The SMILES string of the molecule is CCn1c(SCc2nc3scc(-c4ccco4)c3c(=O)[nH]2)nnc1C1CC1. The molecule has 4 aromatic rings. The summed E-state index contributed by atoms with van der Waals surface area (Å²) in [6.45, 7) is 2.95. The second-order valence-corrected chi connectivity index (χ2v) is 8.27. The summed E-state index contributed by atoms with van der Waals surface area (Å²) in [6.07, 6.45) is 4.00. The molecular formula is C18H17N5O2S2. The van der Waals surface area contributed by atoms with Gasteiger partial charge in [-0.1, -0.05) is 11.8 Å². The van der Waals surface area contributed by atoms with Gasteiger partial charge in [-0.25, -0.2) is 4.98 Å². The number of hydrogen-bond acceptors (Lipinski definition) is 7. The summed E-state index contributed by atoms with van der Waals surface area (Å²) in [4.78, 5) is 20.9. The molecule has 0 spiro atoms. The van der Waals surface area contributed by atoms with E-state index in [4.69, 9.17) is 4.42 Å². The summed E-state index contributed by atoms with van der Waals surface area (Å²) in [6, 6.07) is 3.66. The molecule has 0 atom stereocenters. The van der Waals surface area contributed by atoms with E-state index in [0.29, 0.717) is 28.6 Å². The molecule has 4 heterocycles. The van der Waals surface area contributed by atoms with Crippen LogP contribution in [0.1, 0.15) is 37.3 Å². The topological polar surface area (TPSA) is 89.6 Å². The highest BCUT2D eigenvalue weighted by Gasteiger charge is 2.30. The number of nitrogens with one attached hydrogen (secondary N) is 1.